The first-order valence-corrected chi connectivity index (χ1v) is 7.66. The van der Waals surface area contributed by atoms with Crippen LogP contribution in [0, 0.1) is 17.1 Å². The molecule has 0 atom stereocenters. The number of fused-ring (bicyclic) bond motifs is 3. The van der Waals surface area contributed by atoms with Crippen LogP contribution in [0.2, 0.25) is 0 Å². The van der Waals surface area contributed by atoms with Gasteiger partial charge in [0, 0.05) is 51.9 Å². The molecule has 5 rings (SSSR count). The second kappa shape index (κ2) is 4.11. The second-order valence-corrected chi connectivity index (χ2v) is 6.45. The first kappa shape index (κ1) is 12.7. The molecule has 1 saturated carbocycles. The van der Waals surface area contributed by atoms with Gasteiger partial charge in [-0.2, -0.15) is 5.26 Å². The lowest BCUT2D eigenvalue weighted by molar-refractivity contribution is 0.625. The molecule has 0 amide bonds. The molecule has 0 radical (unpaired) electrons. The number of halogens is 1. The van der Waals surface area contributed by atoms with Crippen LogP contribution >= 0.6 is 0 Å². The van der Waals surface area contributed by atoms with Gasteiger partial charge in [-0.25, -0.2) is 9.37 Å². The van der Waals surface area contributed by atoms with E-state index in [9.17, 15) is 4.39 Å². The number of aromatic amines is 1. The summed E-state index contributed by atoms with van der Waals surface area (Å²) in [6.07, 6.45) is 6.10. The lowest BCUT2D eigenvalue weighted by atomic mass is 9.96. The molecule has 1 spiro atoms. The molecule has 2 aliphatic rings. The number of hydrogen-bond acceptors (Lipinski definition) is 3. The molecule has 2 N–H and O–H groups in total. The molecule has 0 saturated heterocycles. The highest BCUT2D eigenvalue weighted by Crippen LogP contribution is 2.54. The van der Waals surface area contributed by atoms with Gasteiger partial charge < -0.3 is 10.3 Å². The molecule has 2 aromatic heterocycles. The second-order valence-electron chi connectivity index (χ2n) is 6.45. The van der Waals surface area contributed by atoms with Crippen LogP contribution in [-0.4, -0.2) is 16.5 Å². The van der Waals surface area contributed by atoms with Crippen molar-refractivity contribution >= 4 is 16.7 Å². The van der Waals surface area contributed by atoms with Crippen LogP contribution in [-0.2, 0) is 5.41 Å². The fourth-order valence-electron chi connectivity index (χ4n) is 3.57. The monoisotopic (exact) mass is 304 g/mol. The highest BCUT2D eigenvalue weighted by Gasteiger charge is 2.49. The summed E-state index contributed by atoms with van der Waals surface area (Å²) in [7, 11) is 0. The number of nitriles is 1. The van der Waals surface area contributed by atoms with Gasteiger partial charge in [-0.3, -0.25) is 0 Å². The van der Waals surface area contributed by atoms with Gasteiger partial charge in [0.05, 0.1) is 5.56 Å². The molecule has 3 heterocycles. The van der Waals surface area contributed by atoms with Gasteiger partial charge in [0.1, 0.15) is 17.7 Å². The summed E-state index contributed by atoms with van der Waals surface area (Å²) in [4.78, 5) is 7.64. The largest absolute Gasteiger partial charge is 0.369 e. The summed E-state index contributed by atoms with van der Waals surface area (Å²) in [5.74, 6) is 0.483. The van der Waals surface area contributed by atoms with Crippen LogP contribution in [0.5, 0.6) is 0 Å². The van der Waals surface area contributed by atoms with Gasteiger partial charge in [-0.15, -0.1) is 0 Å². The molecule has 1 fully saturated rings. The SMILES string of the molecule is N#Cc1cc2c(-c3cnc4c(c3)C3(CC3)CN4)c[nH]c2cc1F. The van der Waals surface area contributed by atoms with Crippen molar-refractivity contribution in [3.05, 3.63) is 47.5 Å². The number of nitrogens with one attached hydrogen (secondary N) is 2. The van der Waals surface area contributed by atoms with Crippen molar-refractivity contribution in [3.8, 4) is 17.2 Å². The molecule has 1 aliphatic heterocycles. The standard InChI is InChI=1S/C18H13FN4/c19-15-5-16-12(3-10(15)6-20)13(8-21-16)11-4-14-17(22-7-11)23-9-18(14)1-2-18/h3-5,7-8,21H,1-2,9H2,(H,22,23). The molecule has 1 aromatic carbocycles. The molecule has 4 nitrogen and oxygen atoms in total. The fourth-order valence-corrected chi connectivity index (χ4v) is 3.57. The predicted molar refractivity (Wildman–Crippen MR) is 85.6 cm³/mol. The zero-order valence-electron chi connectivity index (χ0n) is 12.3. The summed E-state index contributed by atoms with van der Waals surface area (Å²) < 4.78 is 13.8. The Morgan fingerprint density at radius 3 is 2.91 bits per heavy atom. The average molecular weight is 304 g/mol. The topological polar surface area (TPSA) is 64.5 Å². The van der Waals surface area contributed by atoms with Gasteiger partial charge in [0.15, 0.2) is 0 Å². The summed E-state index contributed by atoms with van der Waals surface area (Å²) in [5, 5.41) is 13.3. The Morgan fingerprint density at radius 2 is 2.13 bits per heavy atom. The molecule has 23 heavy (non-hydrogen) atoms. The zero-order valence-corrected chi connectivity index (χ0v) is 12.3. The summed E-state index contributed by atoms with van der Waals surface area (Å²) >= 11 is 0. The van der Waals surface area contributed by atoms with Gasteiger partial charge in [-0.1, -0.05) is 0 Å². The number of rotatable bonds is 1. The van der Waals surface area contributed by atoms with Crippen molar-refractivity contribution in [1.82, 2.24) is 9.97 Å². The van der Waals surface area contributed by atoms with E-state index in [4.69, 9.17) is 5.26 Å². The minimum absolute atomic E-state index is 0.0628. The van der Waals surface area contributed by atoms with Crippen molar-refractivity contribution in [2.75, 3.05) is 11.9 Å². The van der Waals surface area contributed by atoms with Crippen molar-refractivity contribution in [3.63, 3.8) is 0 Å². The Balaban J connectivity index is 1.71. The number of anilines is 1. The van der Waals surface area contributed by atoms with Gasteiger partial charge in [-0.05, 0) is 31.0 Å². The molecule has 0 unspecified atom stereocenters. The highest BCUT2D eigenvalue weighted by molar-refractivity contribution is 5.96. The van der Waals surface area contributed by atoms with Gasteiger partial charge in [0.2, 0.25) is 0 Å². The fraction of sp³-hybridized carbons (Fsp3) is 0.222. The first-order chi connectivity index (χ1) is 11.2. The number of benzene rings is 1. The van der Waals surface area contributed by atoms with Crippen molar-refractivity contribution in [1.29, 1.82) is 5.26 Å². The Hall–Kier alpha value is -2.87. The van der Waals surface area contributed by atoms with E-state index in [2.05, 4.69) is 21.4 Å². The smallest absolute Gasteiger partial charge is 0.143 e. The van der Waals surface area contributed by atoms with E-state index in [1.54, 1.807) is 6.07 Å². The van der Waals surface area contributed by atoms with Crippen LogP contribution in [0.3, 0.4) is 0 Å². The van der Waals surface area contributed by atoms with Crippen LogP contribution in [0.1, 0.15) is 24.0 Å². The maximum Gasteiger partial charge on any atom is 0.143 e. The van der Waals surface area contributed by atoms with E-state index in [0.717, 1.165) is 28.9 Å². The predicted octanol–water partition coefficient (Wildman–Crippen LogP) is 3.70. The minimum atomic E-state index is -0.499. The van der Waals surface area contributed by atoms with E-state index < -0.39 is 5.82 Å². The van der Waals surface area contributed by atoms with Crippen LogP contribution in [0.25, 0.3) is 22.0 Å². The Bertz CT molecular complexity index is 1010. The molecule has 112 valence electrons. The Labute approximate surface area is 132 Å². The Morgan fingerprint density at radius 1 is 1.26 bits per heavy atom. The number of H-pyrrole nitrogens is 1. The lowest BCUT2D eigenvalue weighted by Gasteiger charge is -2.07. The van der Waals surface area contributed by atoms with Crippen molar-refractivity contribution in [2.45, 2.75) is 18.3 Å². The summed E-state index contributed by atoms with van der Waals surface area (Å²) in [6, 6.07) is 7.08. The molecular weight excluding hydrogens is 291 g/mol. The van der Waals surface area contributed by atoms with Crippen molar-refractivity contribution in [2.24, 2.45) is 0 Å². The van der Waals surface area contributed by atoms with E-state index in [1.807, 2.05) is 18.5 Å². The third-order valence-electron chi connectivity index (χ3n) is 5.11. The maximum absolute atomic E-state index is 13.8. The van der Waals surface area contributed by atoms with E-state index in [-0.39, 0.29) is 11.0 Å². The maximum atomic E-state index is 13.8. The average Bonchev–Trinajstić information content (AvgIpc) is 3.11. The first-order valence-electron chi connectivity index (χ1n) is 7.66. The number of nitrogens with zero attached hydrogens (tertiary/aromatic N) is 2. The number of pyridine rings is 1. The van der Waals surface area contributed by atoms with Gasteiger partial charge >= 0.3 is 0 Å². The minimum Gasteiger partial charge on any atom is -0.369 e. The molecule has 5 heteroatoms. The lowest BCUT2D eigenvalue weighted by Crippen LogP contribution is -2.08. The number of aromatic nitrogens is 2. The number of hydrogen-bond donors (Lipinski definition) is 2. The van der Waals surface area contributed by atoms with Crippen LogP contribution in [0.15, 0.2) is 30.6 Å². The molecular formula is C18H13FN4. The van der Waals surface area contributed by atoms with E-state index in [0.29, 0.717) is 5.52 Å². The molecule has 3 aromatic rings. The summed E-state index contributed by atoms with van der Waals surface area (Å²) in [5.41, 5.74) is 4.26. The van der Waals surface area contributed by atoms with E-state index in [1.165, 1.54) is 24.5 Å². The summed E-state index contributed by atoms with van der Waals surface area (Å²) in [6.45, 7) is 0.969. The third-order valence-corrected chi connectivity index (χ3v) is 5.11. The van der Waals surface area contributed by atoms with Crippen LogP contribution < -0.4 is 5.32 Å². The van der Waals surface area contributed by atoms with Crippen molar-refractivity contribution < 1.29 is 4.39 Å². The van der Waals surface area contributed by atoms with E-state index >= 15 is 0 Å². The Kier molecular flexibility index (Phi) is 2.26. The highest BCUT2D eigenvalue weighted by atomic mass is 19.1. The molecule has 0 bridgehead atoms. The van der Waals surface area contributed by atoms with Gasteiger partial charge in [0.25, 0.3) is 0 Å². The quantitative estimate of drug-likeness (QED) is 0.720. The van der Waals surface area contributed by atoms with Crippen LogP contribution in [0.4, 0.5) is 10.2 Å². The normalized spacial score (nSPS) is 17.0. The third kappa shape index (κ3) is 1.66. The zero-order chi connectivity index (χ0) is 15.6. The molecule has 1 aliphatic carbocycles.